The van der Waals surface area contributed by atoms with Gasteiger partial charge >= 0.3 is 0 Å². The maximum Gasteiger partial charge on any atom is 0.238 e. The van der Waals surface area contributed by atoms with Crippen LogP contribution in [0.5, 0.6) is 5.88 Å². The van der Waals surface area contributed by atoms with Crippen LogP contribution < -0.4 is 4.74 Å². The van der Waals surface area contributed by atoms with Gasteiger partial charge in [-0.1, -0.05) is 27.2 Å². The molecule has 0 unspecified atom stereocenters. The van der Waals surface area contributed by atoms with Gasteiger partial charge in [0.1, 0.15) is 11.3 Å². The average Bonchev–Trinajstić information content (AvgIpc) is 2.47. The lowest BCUT2D eigenvalue weighted by atomic mass is 9.66. The van der Waals surface area contributed by atoms with E-state index >= 15 is 0 Å². The summed E-state index contributed by atoms with van der Waals surface area (Å²) in [4.78, 5) is 8.47. The van der Waals surface area contributed by atoms with Gasteiger partial charge in [-0.3, -0.25) is 4.98 Å². The third-order valence-electron chi connectivity index (χ3n) is 5.13. The van der Waals surface area contributed by atoms with Gasteiger partial charge in [0.15, 0.2) is 0 Å². The van der Waals surface area contributed by atoms with Crippen LogP contribution in [0.2, 0.25) is 0 Å². The highest BCUT2D eigenvalue weighted by molar-refractivity contribution is 5.25. The van der Waals surface area contributed by atoms with Crippen molar-refractivity contribution in [2.75, 3.05) is 7.11 Å². The molecule has 0 amide bonds. The summed E-state index contributed by atoms with van der Waals surface area (Å²) in [7, 11) is 1.57. The van der Waals surface area contributed by atoms with Crippen LogP contribution in [-0.2, 0) is 5.60 Å². The van der Waals surface area contributed by atoms with E-state index in [-0.39, 0.29) is 0 Å². The first-order valence-corrected chi connectivity index (χ1v) is 7.51. The lowest BCUT2D eigenvalue weighted by Crippen LogP contribution is -2.37. The first-order valence-electron chi connectivity index (χ1n) is 7.51. The molecule has 0 atom stereocenters. The lowest BCUT2D eigenvalue weighted by Gasteiger charge is -2.42. The number of ether oxygens (including phenoxy) is 1. The fraction of sp³-hybridized carbons (Fsp3) is 0.750. The van der Waals surface area contributed by atoms with Crippen molar-refractivity contribution in [3.05, 3.63) is 18.1 Å². The second-order valence-corrected chi connectivity index (χ2v) is 6.56. The molecule has 1 fully saturated rings. The molecule has 20 heavy (non-hydrogen) atoms. The van der Waals surface area contributed by atoms with E-state index < -0.39 is 5.60 Å². The summed E-state index contributed by atoms with van der Waals surface area (Å²) < 4.78 is 5.25. The lowest BCUT2D eigenvalue weighted by molar-refractivity contribution is -0.0379. The van der Waals surface area contributed by atoms with Gasteiger partial charge in [0.05, 0.1) is 7.11 Å². The van der Waals surface area contributed by atoms with Gasteiger partial charge in [0.2, 0.25) is 5.88 Å². The predicted octanol–water partition coefficient (Wildman–Crippen LogP) is 3.30. The van der Waals surface area contributed by atoms with E-state index in [1.54, 1.807) is 19.5 Å². The molecule has 0 spiro atoms. The zero-order valence-corrected chi connectivity index (χ0v) is 13.0. The van der Waals surface area contributed by atoms with Crippen LogP contribution in [0.4, 0.5) is 0 Å². The first-order chi connectivity index (χ1) is 9.43. The summed E-state index contributed by atoms with van der Waals surface area (Å²) >= 11 is 0. The first kappa shape index (κ1) is 15.2. The summed E-state index contributed by atoms with van der Waals surface area (Å²) in [6, 6.07) is 0. The Kier molecular flexibility index (Phi) is 4.33. The van der Waals surface area contributed by atoms with Crippen molar-refractivity contribution >= 4 is 0 Å². The molecule has 1 N–H and O–H groups in total. The van der Waals surface area contributed by atoms with E-state index in [1.165, 1.54) is 6.42 Å². The third kappa shape index (κ3) is 2.80. The van der Waals surface area contributed by atoms with Gasteiger partial charge in [-0.05, 0) is 37.0 Å². The second-order valence-electron chi connectivity index (χ2n) is 6.56. The van der Waals surface area contributed by atoms with Crippen LogP contribution in [0.25, 0.3) is 0 Å². The van der Waals surface area contributed by atoms with Gasteiger partial charge in [0.25, 0.3) is 0 Å². The van der Waals surface area contributed by atoms with Crippen molar-refractivity contribution < 1.29 is 9.84 Å². The van der Waals surface area contributed by atoms with Gasteiger partial charge in [-0.2, -0.15) is 0 Å². The Balaban J connectivity index is 2.16. The smallest absolute Gasteiger partial charge is 0.238 e. The molecule has 4 nitrogen and oxygen atoms in total. The van der Waals surface area contributed by atoms with Crippen LogP contribution in [0.15, 0.2) is 12.4 Å². The summed E-state index contributed by atoms with van der Waals surface area (Å²) in [6.07, 6.45) is 7.90. The standard InChI is InChI=1S/C16H26N2O2/c1-5-15(2,3)12-6-8-16(19,9-7-12)13-14(20-4)18-11-10-17-13/h10-12,19H,5-9H2,1-4H3. The summed E-state index contributed by atoms with van der Waals surface area (Å²) in [5, 5.41) is 10.9. The molecule has 1 aromatic heterocycles. The summed E-state index contributed by atoms with van der Waals surface area (Å²) in [5.41, 5.74) is 0.0449. The number of hydrogen-bond donors (Lipinski definition) is 1. The monoisotopic (exact) mass is 278 g/mol. The Hall–Kier alpha value is -1.16. The Morgan fingerprint density at radius 2 is 1.90 bits per heavy atom. The van der Waals surface area contributed by atoms with Crippen molar-refractivity contribution in [2.45, 2.75) is 58.5 Å². The Morgan fingerprint density at radius 1 is 1.30 bits per heavy atom. The molecule has 0 aliphatic heterocycles. The molecule has 1 aromatic rings. The van der Waals surface area contributed by atoms with Crippen LogP contribution in [-0.4, -0.2) is 22.2 Å². The predicted molar refractivity (Wildman–Crippen MR) is 78.5 cm³/mol. The largest absolute Gasteiger partial charge is 0.480 e. The number of aliphatic hydroxyl groups is 1. The van der Waals surface area contributed by atoms with Crippen molar-refractivity contribution in [3.63, 3.8) is 0 Å². The van der Waals surface area contributed by atoms with Crippen LogP contribution in [0.1, 0.15) is 58.6 Å². The molecule has 0 radical (unpaired) electrons. The number of aromatic nitrogens is 2. The normalized spacial score (nSPS) is 27.4. The molecule has 0 saturated heterocycles. The number of rotatable bonds is 4. The second kappa shape index (κ2) is 5.68. The highest BCUT2D eigenvalue weighted by Crippen LogP contribution is 2.47. The van der Waals surface area contributed by atoms with Crippen molar-refractivity contribution in [2.24, 2.45) is 11.3 Å². The van der Waals surface area contributed by atoms with E-state index in [0.29, 0.717) is 22.9 Å². The van der Waals surface area contributed by atoms with E-state index in [9.17, 15) is 5.11 Å². The van der Waals surface area contributed by atoms with Crippen LogP contribution >= 0.6 is 0 Å². The highest BCUT2D eigenvalue weighted by atomic mass is 16.5. The Bertz CT molecular complexity index is 452. The molecule has 0 aromatic carbocycles. The topological polar surface area (TPSA) is 55.2 Å². The molecule has 0 bridgehead atoms. The molecule has 1 aliphatic rings. The quantitative estimate of drug-likeness (QED) is 0.918. The van der Waals surface area contributed by atoms with Gasteiger partial charge < -0.3 is 9.84 Å². The maximum absolute atomic E-state index is 10.9. The molecular weight excluding hydrogens is 252 g/mol. The van der Waals surface area contributed by atoms with Gasteiger partial charge in [-0.25, -0.2) is 4.98 Å². The van der Waals surface area contributed by atoms with Gasteiger partial charge in [-0.15, -0.1) is 0 Å². The number of nitrogens with zero attached hydrogens (tertiary/aromatic N) is 2. The van der Waals surface area contributed by atoms with E-state index in [4.69, 9.17) is 4.74 Å². The zero-order valence-electron chi connectivity index (χ0n) is 13.0. The SMILES string of the molecule is CCC(C)(C)C1CCC(O)(c2nccnc2OC)CC1. The third-order valence-corrected chi connectivity index (χ3v) is 5.13. The minimum Gasteiger partial charge on any atom is -0.480 e. The molecule has 1 aliphatic carbocycles. The van der Waals surface area contributed by atoms with E-state index in [0.717, 1.165) is 25.7 Å². The molecule has 2 rings (SSSR count). The highest BCUT2D eigenvalue weighted by Gasteiger charge is 2.42. The van der Waals surface area contributed by atoms with Crippen molar-refractivity contribution in [1.29, 1.82) is 0 Å². The number of hydrogen-bond acceptors (Lipinski definition) is 4. The van der Waals surface area contributed by atoms with Crippen molar-refractivity contribution in [3.8, 4) is 5.88 Å². The summed E-state index contributed by atoms with van der Waals surface area (Å²) in [6.45, 7) is 6.89. The van der Waals surface area contributed by atoms with E-state index in [1.807, 2.05) is 0 Å². The Morgan fingerprint density at radius 3 is 2.45 bits per heavy atom. The van der Waals surface area contributed by atoms with Gasteiger partial charge in [0, 0.05) is 12.4 Å². The maximum atomic E-state index is 10.9. The molecule has 4 heteroatoms. The minimum absolute atomic E-state index is 0.341. The average molecular weight is 278 g/mol. The summed E-state index contributed by atoms with van der Waals surface area (Å²) in [5.74, 6) is 1.11. The molecule has 1 heterocycles. The zero-order chi connectivity index (χ0) is 14.8. The van der Waals surface area contributed by atoms with Crippen LogP contribution in [0, 0.1) is 11.3 Å². The number of methoxy groups -OCH3 is 1. The fourth-order valence-electron chi connectivity index (χ4n) is 3.20. The van der Waals surface area contributed by atoms with Crippen LogP contribution in [0.3, 0.4) is 0 Å². The minimum atomic E-state index is -0.889. The Labute approximate surface area is 121 Å². The fourth-order valence-corrected chi connectivity index (χ4v) is 3.20. The van der Waals surface area contributed by atoms with E-state index in [2.05, 4.69) is 30.7 Å². The van der Waals surface area contributed by atoms with Crippen molar-refractivity contribution in [1.82, 2.24) is 9.97 Å². The molecule has 1 saturated carbocycles. The molecule has 112 valence electrons. The molecular formula is C16H26N2O2.